The van der Waals surface area contributed by atoms with Crippen molar-refractivity contribution in [2.24, 2.45) is 0 Å². The van der Waals surface area contributed by atoms with Crippen molar-refractivity contribution < 1.29 is 9.90 Å². The molecule has 3 N–H and O–H groups in total. The summed E-state index contributed by atoms with van der Waals surface area (Å²) in [6.07, 6.45) is 2.88. The molecule has 0 radical (unpaired) electrons. The van der Waals surface area contributed by atoms with Gasteiger partial charge in [0, 0.05) is 26.0 Å². The first-order chi connectivity index (χ1) is 7.63. The Bertz CT molecular complexity index is 313. The van der Waals surface area contributed by atoms with Crippen LogP contribution in [0.25, 0.3) is 0 Å². The lowest BCUT2D eigenvalue weighted by atomic mass is 10.3. The Kier molecular flexibility index (Phi) is 4.94. The average molecular weight is 226 g/mol. The minimum absolute atomic E-state index is 0.0914. The van der Waals surface area contributed by atoms with Gasteiger partial charge in [-0.25, -0.2) is 0 Å². The van der Waals surface area contributed by atoms with E-state index >= 15 is 0 Å². The summed E-state index contributed by atoms with van der Waals surface area (Å²) in [4.78, 5) is 11.2. The van der Waals surface area contributed by atoms with Crippen molar-refractivity contribution in [1.82, 2.24) is 20.4 Å². The summed E-state index contributed by atoms with van der Waals surface area (Å²) < 4.78 is 1.65. The first kappa shape index (κ1) is 12.7. The number of nitrogens with zero attached hydrogens (tertiary/aromatic N) is 2. The summed E-state index contributed by atoms with van der Waals surface area (Å²) in [5.41, 5.74) is 0. The van der Waals surface area contributed by atoms with E-state index in [1.165, 1.54) is 0 Å². The number of likely N-dealkylation sites (N-methyl/N-ethyl adjacent to an activating group) is 1. The normalized spacial score (nSPS) is 14.4. The number of aliphatic hydroxyl groups is 1. The van der Waals surface area contributed by atoms with E-state index in [2.05, 4.69) is 15.7 Å². The van der Waals surface area contributed by atoms with E-state index in [0.717, 1.165) is 0 Å². The number of aromatic nitrogens is 2. The Morgan fingerprint density at radius 3 is 2.94 bits per heavy atom. The fraction of sp³-hybridized carbons (Fsp3) is 0.600. The van der Waals surface area contributed by atoms with Crippen LogP contribution in [0.5, 0.6) is 0 Å². The van der Waals surface area contributed by atoms with Crippen LogP contribution in [-0.2, 0) is 11.3 Å². The lowest BCUT2D eigenvalue weighted by Gasteiger charge is -2.15. The highest BCUT2D eigenvalue weighted by molar-refractivity contribution is 5.80. The molecule has 0 aromatic carbocycles. The quantitative estimate of drug-likeness (QED) is 0.579. The van der Waals surface area contributed by atoms with E-state index in [9.17, 15) is 9.90 Å². The number of carbonyl (C=O) groups excluding carboxylic acids is 1. The van der Waals surface area contributed by atoms with Crippen LogP contribution in [0.1, 0.15) is 6.92 Å². The lowest BCUT2D eigenvalue weighted by molar-refractivity contribution is -0.122. The van der Waals surface area contributed by atoms with Gasteiger partial charge < -0.3 is 15.7 Å². The molecule has 0 aliphatic carbocycles. The van der Waals surface area contributed by atoms with Crippen LogP contribution in [0.2, 0.25) is 0 Å². The molecule has 1 aromatic heterocycles. The third-order valence-electron chi connectivity index (χ3n) is 2.26. The van der Waals surface area contributed by atoms with E-state index in [-0.39, 0.29) is 11.9 Å². The van der Waals surface area contributed by atoms with Gasteiger partial charge in [0.25, 0.3) is 0 Å². The van der Waals surface area contributed by atoms with Gasteiger partial charge in [-0.15, -0.1) is 0 Å². The van der Waals surface area contributed by atoms with E-state index in [0.29, 0.717) is 13.1 Å². The second kappa shape index (κ2) is 6.24. The first-order valence-electron chi connectivity index (χ1n) is 5.24. The van der Waals surface area contributed by atoms with Gasteiger partial charge in [-0.3, -0.25) is 9.48 Å². The van der Waals surface area contributed by atoms with Crippen LogP contribution in [0.4, 0.5) is 0 Å². The second-order valence-corrected chi connectivity index (χ2v) is 3.63. The maximum absolute atomic E-state index is 11.2. The van der Waals surface area contributed by atoms with Crippen molar-refractivity contribution in [1.29, 1.82) is 0 Å². The van der Waals surface area contributed by atoms with Crippen LogP contribution in [0.15, 0.2) is 18.5 Å². The molecular weight excluding hydrogens is 208 g/mol. The zero-order valence-corrected chi connectivity index (χ0v) is 9.55. The maximum Gasteiger partial charge on any atom is 0.236 e. The highest BCUT2D eigenvalue weighted by Crippen LogP contribution is 1.91. The Hall–Kier alpha value is -1.40. The number of amides is 1. The summed E-state index contributed by atoms with van der Waals surface area (Å²) in [5.74, 6) is -0.0914. The SMILES string of the molecule is CNC(=O)C(C)NCC(O)Cn1cccn1. The standard InChI is InChI=1S/C10H18N4O2/c1-8(10(16)11-2)12-6-9(15)7-14-5-3-4-13-14/h3-5,8-9,12,15H,6-7H2,1-2H3,(H,11,16). The number of hydrogen-bond donors (Lipinski definition) is 3. The predicted octanol–water partition coefficient (Wildman–Crippen LogP) is -1.03. The van der Waals surface area contributed by atoms with Crippen LogP contribution in [0.3, 0.4) is 0 Å². The zero-order valence-electron chi connectivity index (χ0n) is 9.55. The van der Waals surface area contributed by atoms with Gasteiger partial charge in [-0.2, -0.15) is 5.10 Å². The monoisotopic (exact) mass is 226 g/mol. The van der Waals surface area contributed by atoms with Crippen LogP contribution >= 0.6 is 0 Å². The molecule has 0 aliphatic rings. The fourth-order valence-electron chi connectivity index (χ4n) is 1.31. The largest absolute Gasteiger partial charge is 0.390 e. The summed E-state index contributed by atoms with van der Waals surface area (Å²) in [5, 5.41) is 19.1. The van der Waals surface area contributed by atoms with Crippen molar-refractivity contribution in [2.75, 3.05) is 13.6 Å². The third-order valence-corrected chi connectivity index (χ3v) is 2.26. The summed E-state index contributed by atoms with van der Waals surface area (Å²) >= 11 is 0. The summed E-state index contributed by atoms with van der Waals surface area (Å²) in [6, 6.07) is 1.49. The number of rotatable bonds is 6. The van der Waals surface area contributed by atoms with E-state index < -0.39 is 6.10 Å². The number of aliphatic hydroxyl groups excluding tert-OH is 1. The van der Waals surface area contributed by atoms with Gasteiger partial charge in [0.05, 0.1) is 18.7 Å². The smallest absolute Gasteiger partial charge is 0.236 e. The van der Waals surface area contributed by atoms with Crippen LogP contribution in [0, 0.1) is 0 Å². The molecule has 1 rings (SSSR count). The molecule has 90 valence electrons. The van der Waals surface area contributed by atoms with Crippen molar-refractivity contribution in [3.8, 4) is 0 Å². The van der Waals surface area contributed by atoms with Gasteiger partial charge in [0.15, 0.2) is 0 Å². The van der Waals surface area contributed by atoms with Gasteiger partial charge in [0.1, 0.15) is 0 Å². The Labute approximate surface area is 94.6 Å². The molecule has 0 bridgehead atoms. The molecule has 0 saturated carbocycles. The molecule has 2 atom stereocenters. The lowest BCUT2D eigenvalue weighted by Crippen LogP contribution is -2.44. The van der Waals surface area contributed by atoms with Gasteiger partial charge in [0.2, 0.25) is 5.91 Å². The Morgan fingerprint density at radius 1 is 1.62 bits per heavy atom. The first-order valence-corrected chi connectivity index (χ1v) is 5.24. The molecule has 0 fully saturated rings. The minimum Gasteiger partial charge on any atom is -0.390 e. The summed E-state index contributed by atoms with van der Waals surface area (Å²) in [6.45, 7) is 2.52. The predicted molar refractivity (Wildman–Crippen MR) is 59.8 cm³/mol. The summed E-state index contributed by atoms with van der Waals surface area (Å²) in [7, 11) is 1.58. The zero-order chi connectivity index (χ0) is 12.0. The molecule has 1 amide bonds. The molecule has 1 aromatic rings. The Balaban J connectivity index is 2.24. The maximum atomic E-state index is 11.2. The minimum atomic E-state index is -0.563. The van der Waals surface area contributed by atoms with Crippen molar-refractivity contribution >= 4 is 5.91 Å². The number of hydrogen-bond acceptors (Lipinski definition) is 4. The molecule has 6 nitrogen and oxygen atoms in total. The van der Waals surface area contributed by atoms with Crippen molar-refractivity contribution in [3.63, 3.8) is 0 Å². The van der Waals surface area contributed by atoms with E-state index in [1.807, 2.05) is 0 Å². The highest BCUT2D eigenvalue weighted by Gasteiger charge is 2.12. The van der Waals surface area contributed by atoms with E-state index in [1.54, 1.807) is 37.1 Å². The van der Waals surface area contributed by atoms with Crippen LogP contribution < -0.4 is 10.6 Å². The topological polar surface area (TPSA) is 79.2 Å². The van der Waals surface area contributed by atoms with Crippen molar-refractivity contribution in [3.05, 3.63) is 18.5 Å². The average Bonchev–Trinajstić information content (AvgIpc) is 2.77. The Morgan fingerprint density at radius 2 is 2.38 bits per heavy atom. The molecule has 1 heterocycles. The van der Waals surface area contributed by atoms with Crippen molar-refractivity contribution in [2.45, 2.75) is 25.6 Å². The third kappa shape index (κ3) is 4.00. The molecule has 0 spiro atoms. The van der Waals surface area contributed by atoms with Gasteiger partial charge in [-0.05, 0) is 13.0 Å². The van der Waals surface area contributed by atoms with Gasteiger partial charge in [-0.1, -0.05) is 0 Å². The molecule has 6 heteroatoms. The molecule has 0 aliphatic heterocycles. The molecular formula is C10H18N4O2. The number of nitrogens with one attached hydrogen (secondary N) is 2. The second-order valence-electron chi connectivity index (χ2n) is 3.63. The molecule has 16 heavy (non-hydrogen) atoms. The van der Waals surface area contributed by atoms with E-state index in [4.69, 9.17) is 0 Å². The molecule has 0 saturated heterocycles. The van der Waals surface area contributed by atoms with Gasteiger partial charge >= 0.3 is 0 Å². The number of carbonyl (C=O) groups is 1. The molecule has 2 unspecified atom stereocenters. The fourth-order valence-corrected chi connectivity index (χ4v) is 1.31. The van der Waals surface area contributed by atoms with Crippen LogP contribution in [-0.4, -0.2) is 46.5 Å². The highest BCUT2D eigenvalue weighted by atomic mass is 16.3.